The molecule has 0 heterocycles. The Kier molecular flexibility index (Phi) is 6.98. The summed E-state index contributed by atoms with van der Waals surface area (Å²) in [5, 5.41) is 0. The molecule has 0 unspecified atom stereocenters. The second-order valence-corrected chi connectivity index (χ2v) is 7.85. The molecule has 0 atom stereocenters. The average molecular weight is 441 g/mol. The number of halogens is 4. The number of benzene rings is 2. The normalized spacial score (nSPS) is 11.8. The monoisotopic (exact) mass is 441 g/mol. The average Bonchev–Trinajstić information content (AvgIpc) is 2.64. The summed E-state index contributed by atoms with van der Waals surface area (Å²) in [6, 6.07) is 6.45. The number of carbonyl (C=O) groups excluding carboxylic acids is 2. The molecule has 0 bridgehead atoms. The van der Waals surface area contributed by atoms with Crippen LogP contribution in [-0.4, -0.2) is 24.5 Å². The molecule has 0 N–H and O–H groups in total. The smallest absolute Gasteiger partial charge is 0.416 e. The van der Waals surface area contributed by atoms with E-state index in [1.165, 1.54) is 31.0 Å². The number of nitrogens with zero attached hydrogens (tertiary/aromatic N) is 1. The lowest BCUT2D eigenvalue weighted by Gasteiger charge is -2.21. The van der Waals surface area contributed by atoms with E-state index >= 15 is 0 Å². The number of hydrogen-bond acceptors (Lipinski definition) is 4. The minimum absolute atomic E-state index is 0.103. The van der Waals surface area contributed by atoms with Gasteiger partial charge in [-0.1, -0.05) is 6.07 Å². The molecular formula is C22H23F4NO4. The number of carbonyl (C=O) groups is 2. The second-order valence-electron chi connectivity index (χ2n) is 7.85. The first kappa shape index (κ1) is 24.2. The van der Waals surface area contributed by atoms with Crippen molar-refractivity contribution in [3.63, 3.8) is 0 Å². The van der Waals surface area contributed by atoms with Crippen LogP contribution in [0.3, 0.4) is 0 Å². The maximum absolute atomic E-state index is 14.4. The molecule has 168 valence electrons. The van der Waals surface area contributed by atoms with Crippen molar-refractivity contribution in [3.8, 4) is 5.75 Å². The largest absolute Gasteiger partial charge is 0.486 e. The Morgan fingerprint density at radius 3 is 2.19 bits per heavy atom. The van der Waals surface area contributed by atoms with Crippen LogP contribution in [0.1, 0.15) is 49.2 Å². The van der Waals surface area contributed by atoms with Crippen molar-refractivity contribution in [2.75, 3.05) is 11.9 Å². The van der Waals surface area contributed by atoms with Crippen LogP contribution in [0.2, 0.25) is 0 Å². The lowest BCUT2D eigenvalue weighted by Crippen LogP contribution is -2.25. The van der Waals surface area contributed by atoms with Gasteiger partial charge < -0.3 is 14.4 Å². The van der Waals surface area contributed by atoms with Crippen LogP contribution in [0, 0.1) is 5.82 Å². The molecule has 9 heteroatoms. The Morgan fingerprint density at radius 1 is 1.03 bits per heavy atom. The predicted octanol–water partition coefficient (Wildman–Crippen LogP) is 5.36. The topological polar surface area (TPSA) is 55.8 Å². The molecule has 0 aromatic heterocycles. The van der Waals surface area contributed by atoms with Crippen LogP contribution < -0.4 is 9.64 Å². The third kappa shape index (κ3) is 6.44. The number of anilines is 1. The quantitative estimate of drug-likeness (QED) is 0.463. The maximum Gasteiger partial charge on any atom is 0.416 e. The predicted molar refractivity (Wildman–Crippen MR) is 106 cm³/mol. The molecule has 2 rings (SSSR count). The van der Waals surface area contributed by atoms with Crippen molar-refractivity contribution in [1.82, 2.24) is 0 Å². The van der Waals surface area contributed by atoms with E-state index in [1.807, 2.05) is 0 Å². The highest BCUT2D eigenvalue weighted by Gasteiger charge is 2.32. The summed E-state index contributed by atoms with van der Waals surface area (Å²) in [6.07, 6.45) is -4.65. The van der Waals surface area contributed by atoms with Crippen molar-refractivity contribution in [2.24, 2.45) is 0 Å². The number of alkyl halides is 3. The fraction of sp³-hybridized carbons (Fsp3) is 0.364. The lowest BCUT2D eigenvalue weighted by molar-refractivity contribution is -0.137. The molecule has 5 nitrogen and oxygen atoms in total. The summed E-state index contributed by atoms with van der Waals surface area (Å²) < 4.78 is 64.3. The fourth-order valence-electron chi connectivity index (χ4n) is 2.55. The highest BCUT2D eigenvalue weighted by atomic mass is 19.4. The van der Waals surface area contributed by atoms with E-state index in [4.69, 9.17) is 9.47 Å². The lowest BCUT2D eigenvalue weighted by atomic mass is 10.0. The fourth-order valence-corrected chi connectivity index (χ4v) is 2.55. The van der Waals surface area contributed by atoms with Crippen LogP contribution in [0.25, 0.3) is 0 Å². The van der Waals surface area contributed by atoms with E-state index in [0.29, 0.717) is 11.8 Å². The molecule has 0 spiro atoms. The zero-order chi connectivity index (χ0) is 23.6. The summed E-state index contributed by atoms with van der Waals surface area (Å²) in [6.45, 7) is 5.72. The van der Waals surface area contributed by atoms with Gasteiger partial charge >= 0.3 is 12.1 Å². The maximum atomic E-state index is 14.4. The van der Waals surface area contributed by atoms with Crippen LogP contribution in [-0.2, 0) is 22.3 Å². The van der Waals surface area contributed by atoms with Gasteiger partial charge in [-0.2, -0.15) is 13.2 Å². The summed E-state index contributed by atoms with van der Waals surface area (Å²) in [5.41, 5.74) is -1.85. The second kappa shape index (κ2) is 8.95. The van der Waals surface area contributed by atoms with Gasteiger partial charge in [-0.05, 0) is 45.0 Å². The van der Waals surface area contributed by atoms with Gasteiger partial charge in [0.2, 0.25) is 5.91 Å². The Hall–Kier alpha value is -3.10. The molecule has 2 aromatic carbocycles. The third-order valence-corrected chi connectivity index (χ3v) is 4.21. The Morgan fingerprint density at radius 2 is 1.68 bits per heavy atom. The number of amides is 1. The molecule has 0 aliphatic rings. The molecule has 0 saturated carbocycles. The number of ether oxygens (including phenoxy) is 2. The van der Waals surface area contributed by atoms with Crippen LogP contribution in [0.15, 0.2) is 36.4 Å². The number of hydrogen-bond donors (Lipinski definition) is 0. The molecule has 0 aliphatic carbocycles. The first-order valence-electron chi connectivity index (χ1n) is 9.29. The molecule has 1 amide bonds. The van der Waals surface area contributed by atoms with Crippen molar-refractivity contribution >= 4 is 17.6 Å². The van der Waals surface area contributed by atoms with Gasteiger partial charge in [-0.3, -0.25) is 4.79 Å². The molecule has 2 aromatic rings. The van der Waals surface area contributed by atoms with Crippen LogP contribution in [0.4, 0.5) is 23.2 Å². The first-order valence-corrected chi connectivity index (χ1v) is 9.29. The van der Waals surface area contributed by atoms with Crippen molar-refractivity contribution in [3.05, 3.63) is 58.9 Å². The Labute approximate surface area is 177 Å². The van der Waals surface area contributed by atoms with Crippen molar-refractivity contribution in [2.45, 2.75) is 46.1 Å². The minimum atomic E-state index is -4.65. The van der Waals surface area contributed by atoms with E-state index in [2.05, 4.69) is 0 Å². The molecular weight excluding hydrogens is 418 g/mol. The van der Waals surface area contributed by atoms with Gasteiger partial charge in [0.1, 0.15) is 12.2 Å². The Balaban J connectivity index is 2.32. The van der Waals surface area contributed by atoms with Gasteiger partial charge in [-0.15, -0.1) is 0 Å². The summed E-state index contributed by atoms with van der Waals surface area (Å²) in [7, 11) is 1.48. The first-order chi connectivity index (χ1) is 14.2. The number of rotatable bonds is 5. The van der Waals surface area contributed by atoms with E-state index in [9.17, 15) is 27.2 Å². The van der Waals surface area contributed by atoms with Gasteiger partial charge in [-0.25, -0.2) is 9.18 Å². The zero-order valence-corrected chi connectivity index (χ0v) is 17.8. The van der Waals surface area contributed by atoms with E-state index < -0.39 is 29.1 Å². The molecule has 31 heavy (non-hydrogen) atoms. The van der Waals surface area contributed by atoms with E-state index in [-0.39, 0.29) is 29.4 Å². The minimum Gasteiger partial charge on any atom is -0.486 e. The van der Waals surface area contributed by atoms with Crippen molar-refractivity contribution in [1.29, 1.82) is 0 Å². The van der Waals surface area contributed by atoms with Crippen LogP contribution in [0.5, 0.6) is 5.75 Å². The zero-order valence-electron chi connectivity index (χ0n) is 17.8. The van der Waals surface area contributed by atoms with Gasteiger partial charge in [0.25, 0.3) is 0 Å². The Bertz CT molecular complexity index is 980. The molecule has 0 radical (unpaired) electrons. The van der Waals surface area contributed by atoms with Gasteiger partial charge in [0.05, 0.1) is 11.1 Å². The molecule has 0 fully saturated rings. The summed E-state index contributed by atoms with van der Waals surface area (Å²) >= 11 is 0. The van der Waals surface area contributed by atoms with E-state index in [0.717, 1.165) is 18.2 Å². The van der Waals surface area contributed by atoms with Gasteiger partial charge in [0.15, 0.2) is 11.6 Å². The van der Waals surface area contributed by atoms with Crippen molar-refractivity contribution < 1.29 is 36.6 Å². The summed E-state index contributed by atoms with van der Waals surface area (Å²) in [5.74, 6) is -2.19. The number of esters is 1. The van der Waals surface area contributed by atoms with Gasteiger partial charge in [0, 0.05) is 31.3 Å². The van der Waals surface area contributed by atoms with E-state index in [1.54, 1.807) is 20.8 Å². The van der Waals surface area contributed by atoms with Crippen LogP contribution >= 0.6 is 0 Å². The standard InChI is InChI=1S/C22H23F4NO4/c1-13(28)27(5)16-8-9-19(18(23)11-16)30-12-14-6-7-15(22(24,25)26)10-17(14)20(29)31-21(2,3)4/h6-11H,12H2,1-5H3. The third-order valence-electron chi connectivity index (χ3n) is 4.21. The SMILES string of the molecule is CC(=O)N(C)c1ccc(OCc2ccc(C(F)(F)F)cc2C(=O)OC(C)(C)C)c(F)c1. The molecule has 0 aliphatic heterocycles. The highest BCUT2D eigenvalue weighted by molar-refractivity contribution is 5.92. The highest BCUT2D eigenvalue weighted by Crippen LogP contribution is 2.32. The molecule has 0 saturated heterocycles. The summed E-state index contributed by atoms with van der Waals surface area (Å²) in [4.78, 5) is 25.1.